The molecule has 14 heteroatoms. The summed E-state index contributed by atoms with van der Waals surface area (Å²) in [7, 11) is 3.47. The normalized spacial score (nSPS) is 13.3. The number of hydrogen-bond donors (Lipinski definition) is 2. The molecule has 3 aromatic carbocycles. The zero-order chi connectivity index (χ0) is 40.7. The van der Waals surface area contributed by atoms with Crippen molar-refractivity contribution in [3.05, 3.63) is 95.7 Å². The lowest BCUT2D eigenvalue weighted by molar-refractivity contribution is -0.129. The second kappa shape index (κ2) is 21.7. The molecule has 1 aliphatic rings. The molecular weight excluding hydrogens is 749 g/mol. The standard InChI is InChI=1S/C43H54N4O9S/c1-31(48)11-10-22-54-24-25-55-23-20-44-42(50)33(19-26-57(52)53)28-35(49)18-21-47-34(27-32-12-4-9-17-41(32)47)29-45(2)46(3)43(51)56-30-40-38-15-7-5-13-36(38)37-14-6-8-16-39(37)40/h4-9,12-17,27,33,40H,10-11,18-26,28-30H2,1-3H3,(H,44,50)(H,52,53)/t33-/m1/s1. The van der Waals surface area contributed by atoms with Crippen LogP contribution in [0.2, 0.25) is 0 Å². The minimum Gasteiger partial charge on any atom is -0.447 e. The number of aryl methyl sites for hydroxylation is 1. The van der Waals surface area contributed by atoms with E-state index in [-0.39, 0.29) is 68.2 Å². The van der Waals surface area contributed by atoms with Crippen molar-refractivity contribution in [1.82, 2.24) is 19.9 Å². The third-order valence-corrected chi connectivity index (χ3v) is 10.8. The van der Waals surface area contributed by atoms with Gasteiger partial charge >= 0.3 is 6.09 Å². The highest BCUT2D eigenvalue weighted by atomic mass is 32.2. The van der Waals surface area contributed by atoms with Crippen molar-refractivity contribution >= 4 is 45.6 Å². The van der Waals surface area contributed by atoms with Gasteiger partial charge in [-0.1, -0.05) is 66.7 Å². The Morgan fingerprint density at radius 3 is 2.21 bits per heavy atom. The van der Waals surface area contributed by atoms with Crippen molar-refractivity contribution in [2.24, 2.45) is 5.92 Å². The number of hydrazine groups is 1. The number of para-hydroxylation sites is 1. The summed E-state index contributed by atoms with van der Waals surface area (Å²) in [6, 6.07) is 26.3. The number of benzene rings is 3. The van der Waals surface area contributed by atoms with E-state index in [1.165, 1.54) is 5.01 Å². The van der Waals surface area contributed by atoms with E-state index in [1.807, 2.05) is 54.6 Å². The summed E-state index contributed by atoms with van der Waals surface area (Å²) < 4.78 is 39.8. The quantitative estimate of drug-likeness (QED) is 0.0492. The lowest BCUT2D eigenvalue weighted by Gasteiger charge is -2.28. The molecule has 0 bridgehead atoms. The maximum Gasteiger partial charge on any atom is 0.424 e. The van der Waals surface area contributed by atoms with Crippen LogP contribution in [0.3, 0.4) is 0 Å². The zero-order valence-electron chi connectivity index (χ0n) is 33.0. The number of ketones is 2. The molecule has 0 saturated heterocycles. The van der Waals surface area contributed by atoms with Crippen LogP contribution in [0.5, 0.6) is 0 Å². The molecular formula is C43H54N4O9S. The lowest BCUT2D eigenvalue weighted by atomic mass is 9.97. The zero-order valence-corrected chi connectivity index (χ0v) is 33.8. The van der Waals surface area contributed by atoms with Crippen LogP contribution in [-0.4, -0.2) is 106 Å². The number of ether oxygens (including phenoxy) is 3. The Balaban J connectivity index is 1.13. The number of aromatic nitrogens is 1. The van der Waals surface area contributed by atoms with Crippen LogP contribution in [0, 0.1) is 5.92 Å². The van der Waals surface area contributed by atoms with Crippen LogP contribution in [0.25, 0.3) is 22.0 Å². The summed E-state index contributed by atoms with van der Waals surface area (Å²) in [5, 5.41) is 7.00. The second-order valence-electron chi connectivity index (χ2n) is 14.3. The summed E-state index contributed by atoms with van der Waals surface area (Å²) in [5.41, 5.74) is 6.41. The minimum absolute atomic E-state index is 0.0582. The van der Waals surface area contributed by atoms with E-state index in [1.54, 1.807) is 26.0 Å². The number of nitrogens with zero attached hydrogens (tertiary/aromatic N) is 3. The van der Waals surface area contributed by atoms with Crippen LogP contribution < -0.4 is 5.32 Å². The number of amides is 2. The topological polar surface area (TPSA) is 157 Å². The number of hydrogen-bond acceptors (Lipinski definition) is 9. The van der Waals surface area contributed by atoms with Gasteiger partial charge < -0.3 is 33.4 Å². The van der Waals surface area contributed by atoms with Gasteiger partial charge in [0.05, 0.1) is 32.1 Å². The summed E-state index contributed by atoms with van der Waals surface area (Å²) in [6.45, 7) is 4.07. The highest BCUT2D eigenvalue weighted by Crippen LogP contribution is 2.44. The van der Waals surface area contributed by atoms with E-state index in [4.69, 9.17) is 14.2 Å². The Morgan fingerprint density at radius 2 is 1.53 bits per heavy atom. The number of rotatable bonds is 24. The average Bonchev–Trinajstić information content (AvgIpc) is 3.72. The first kappa shape index (κ1) is 43.4. The number of nitrogens with one attached hydrogen (secondary N) is 1. The van der Waals surface area contributed by atoms with Crippen molar-refractivity contribution in [3.63, 3.8) is 0 Å². The van der Waals surface area contributed by atoms with Crippen LogP contribution in [0.1, 0.15) is 61.8 Å². The van der Waals surface area contributed by atoms with Crippen molar-refractivity contribution < 1.29 is 42.2 Å². The fourth-order valence-electron chi connectivity index (χ4n) is 7.15. The van der Waals surface area contributed by atoms with E-state index in [0.717, 1.165) is 38.9 Å². The van der Waals surface area contributed by atoms with Gasteiger partial charge in [0, 0.05) is 76.1 Å². The third kappa shape index (κ3) is 12.4. The molecule has 2 N–H and O–H groups in total. The molecule has 13 nitrogen and oxygen atoms in total. The van der Waals surface area contributed by atoms with Crippen molar-refractivity contribution in [1.29, 1.82) is 0 Å². The predicted octanol–water partition coefficient (Wildman–Crippen LogP) is 5.96. The molecule has 1 heterocycles. The van der Waals surface area contributed by atoms with Crippen molar-refractivity contribution in [3.8, 4) is 11.1 Å². The molecule has 0 spiro atoms. The second-order valence-corrected chi connectivity index (χ2v) is 15.4. The molecule has 306 valence electrons. The van der Waals surface area contributed by atoms with E-state index in [2.05, 4.69) is 34.1 Å². The summed E-state index contributed by atoms with van der Waals surface area (Å²) in [5.74, 6) is -1.35. The lowest BCUT2D eigenvalue weighted by Crippen LogP contribution is -2.41. The maximum atomic E-state index is 13.4. The molecule has 2 amide bonds. The average molecular weight is 803 g/mol. The molecule has 1 aliphatic carbocycles. The molecule has 1 unspecified atom stereocenters. The van der Waals surface area contributed by atoms with Gasteiger partial charge in [0.15, 0.2) is 11.1 Å². The van der Waals surface area contributed by atoms with Gasteiger partial charge in [-0.2, -0.15) is 0 Å². The van der Waals surface area contributed by atoms with Gasteiger partial charge in [0.1, 0.15) is 18.2 Å². The molecule has 0 fully saturated rings. The Labute approximate surface area is 336 Å². The Morgan fingerprint density at radius 1 is 0.877 bits per heavy atom. The van der Waals surface area contributed by atoms with Gasteiger partial charge in [0.2, 0.25) is 5.91 Å². The fourth-order valence-corrected chi connectivity index (χ4v) is 7.63. The van der Waals surface area contributed by atoms with Gasteiger partial charge in [-0.25, -0.2) is 19.0 Å². The van der Waals surface area contributed by atoms with E-state index < -0.39 is 23.1 Å². The third-order valence-electron chi connectivity index (χ3n) is 10.2. The predicted molar refractivity (Wildman–Crippen MR) is 219 cm³/mol. The molecule has 57 heavy (non-hydrogen) atoms. The van der Waals surface area contributed by atoms with Crippen LogP contribution in [-0.2, 0) is 52.8 Å². The minimum atomic E-state index is -2.11. The Bertz CT molecular complexity index is 1970. The van der Waals surface area contributed by atoms with Gasteiger partial charge in [-0.3, -0.25) is 9.59 Å². The SMILES string of the molecule is CC(=O)CCCOCCOCCNC(=O)[C@H](CCS(=O)O)CC(=O)CCn1c(CN(C)N(C)C(=O)OCC2c3ccccc3-c3ccccc32)cc2ccccc21. The first-order valence-electron chi connectivity index (χ1n) is 19.4. The van der Waals surface area contributed by atoms with Crippen molar-refractivity contribution in [2.75, 3.05) is 59.4 Å². The highest BCUT2D eigenvalue weighted by molar-refractivity contribution is 7.79. The van der Waals surface area contributed by atoms with Crippen LogP contribution in [0.15, 0.2) is 78.9 Å². The number of Topliss-reactive ketones (excluding diaryl/α,β-unsaturated/α-hetero) is 2. The smallest absolute Gasteiger partial charge is 0.424 e. The van der Waals surface area contributed by atoms with Crippen molar-refractivity contribution in [2.45, 2.75) is 58.0 Å². The molecule has 0 aliphatic heterocycles. The molecule has 2 atom stereocenters. The largest absolute Gasteiger partial charge is 0.447 e. The van der Waals surface area contributed by atoms with Gasteiger partial charge in [-0.15, -0.1) is 0 Å². The summed E-state index contributed by atoms with van der Waals surface area (Å²) in [4.78, 5) is 50.9. The molecule has 1 aromatic heterocycles. The van der Waals surface area contributed by atoms with E-state index in [9.17, 15) is 27.9 Å². The maximum absolute atomic E-state index is 13.4. The summed E-state index contributed by atoms with van der Waals surface area (Å²) in [6.07, 6.45) is 0.807. The molecule has 4 aromatic rings. The first-order chi connectivity index (χ1) is 27.5. The van der Waals surface area contributed by atoms with Gasteiger partial charge in [0.25, 0.3) is 0 Å². The van der Waals surface area contributed by atoms with Crippen LogP contribution in [0.4, 0.5) is 4.79 Å². The van der Waals surface area contributed by atoms with E-state index >= 15 is 0 Å². The Hall–Kier alpha value is -4.73. The summed E-state index contributed by atoms with van der Waals surface area (Å²) >= 11 is -2.11. The highest BCUT2D eigenvalue weighted by Gasteiger charge is 2.30. The molecule has 0 saturated carbocycles. The number of fused-ring (bicyclic) bond motifs is 4. The van der Waals surface area contributed by atoms with E-state index in [0.29, 0.717) is 45.8 Å². The molecule has 5 rings (SSSR count). The number of carbonyl (C=O) groups is 4. The van der Waals surface area contributed by atoms with Crippen LogP contribution >= 0.6 is 0 Å². The number of carbonyl (C=O) groups excluding carboxylic acids is 4. The Kier molecular flexibility index (Phi) is 16.5. The fraction of sp³-hybridized carbons (Fsp3) is 0.442. The monoisotopic (exact) mass is 802 g/mol. The molecule has 0 radical (unpaired) electrons. The first-order valence-corrected chi connectivity index (χ1v) is 20.7. The van der Waals surface area contributed by atoms with Gasteiger partial charge in [-0.05, 0) is 59.5 Å².